The summed E-state index contributed by atoms with van der Waals surface area (Å²) < 4.78 is 0.867. The average molecular weight is 428 g/mol. The summed E-state index contributed by atoms with van der Waals surface area (Å²) in [4.78, 5) is 14.6. The van der Waals surface area contributed by atoms with E-state index in [0.717, 1.165) is 23.0 Å². The standard InChI is InChI=1S/C22H26BrN3O/c1-5-26-20-10-9-16(11-19(20)15(2)13-22(26,3)4)14-24-25-21(27)17-7-6-8-18(23)12-17/h6-12,14-15H,5,13H2,1-4H3,(H,25,27)/b24-14-/t15-/m1/s1. The lowest BCUT2D eigenvalue weighted by Gasteiger charge is -2.47. The Labute approximate surface area is 169 Å². The van der Waals surface area contributed by atoms with Crippen molar-refractivity contribution in [1.29, 1.82) is 0 Å². The summed E-state index contributed by atoms with van der Waals surface area (Å²) >= 11 is 3.37. The predicted molar refractivity (Wildman–Crippen MR) is 116 cm³/mol. The minimum Gasteiger partial charge on any atom is -0.366 e. The van der Waals surface area contributed by atoms with E-state index in [1.807, 2.05) is 12.1 Å². The molecule has 1 heterocycles. The van der Waals surface area contributed by atoms with Crippen LogP contribution < -0.4 is 10.3 Å². The molecule has 1 N–H and O–H groups in total. The highest BCUT2D eigenvalue weighted by molar-refractivity contribution is 9.10. The maximum absolute atomic E-state index is 12.2. The Morgan fingerprint density at radius 2 is 2.11 bits per heavy atom. The number of halogens is 1. The van der Waals surface area contributed by atoms with Gasteiger partial charge in [-0.15, -0.1) is 0 Å². The van der Waals surface area contributed by atoms with Crippen LogP contribution in [-0.2, 0) is 0 Å². The number of hydrogen-bond donors (Lipinski definition) is 1. The molecule has 0 saturated carbocycles. The molecule has 5 heteroatoms. The lowest BCUT2D eigenvalue weighted by molar-refractivity contribution is 0.0955. The Kier molecular flexibility index (Phi) is 5.70. The molecule has 1 aliphatic heterocycles. The topological polar surface area (TPSA) is 44.7 Å². The zero-order valence-corrected chi connectivity index (χ0v) is 17.9. The summed E-state index contributed by atoms with van der Waals surface area (Å²) in [5.41, 5.74) is 6.97. The van der Waals surface area contributed by atoms with E-state index >= 15 is 0 Å². The molecule has 1 atom stereocenters. The second-order valence-electron chi connectivity index (χ2n) is 7.69. The number of nitrogens with zero attached hydrogens (tertiary/aromatic N) is 2. The third kappa shape index (κ3) is 4.24. The van der Waals surface area contributed by atoms with Gasteiger partial charge in [-0.2, -0.15) is 5.10 Å². The monoisotopic (exact) mass is 427 g/mol. The Bertz CT molecular complexity index is 876. The lowest BCUT2D eigenvalue weighted by Crippen LogP contribution is -2.48. The number of nitrogens with one attached hydrogen (secondary N) is 1. The second kappa shape index (κ2) is 7.85. The zero-order chi connectivity index (χ0) is 19.6. The number of anilines is 1. The van der Waals surface area contributed by atoms with Crippen molar-refractivity contribution in [3.05, 3.63) is 63.6 Å². The predicted octanol–water partition coefficient (Wildman–Crippen LogP) is 5.33. The van der Waals surface area contributed by atoms with E-state index < -0.39 is 0 Å². The van der Waals surface area contributed by atoms with Gasteiger partial charge in [-0.1, -0.05) is 35.0 Å². The molecule has 27 heavy (non-hydrogen) atoms. The smallest absolute Gasteiger partial charge is 0.271 e. The highest BCUT2D eigenvalue weighted by atomic mass is 79.9. The number of benzene rings is 2. The van der Waals surface area contributed by atoms with Gasteiger partial charge in [-0.25, -0.2) is 5.43 Å². The van der Waals surface area contributed by atoms with Gasteiger partial charge in [-0.3, -0.25) is 4.79 Å². The summed E-state index contributed by atoms with van der Waals surface area (Å²) in [5, 5.41) is 4.14. The molecule has 0 aromatic heterocycles. The van der Waals surface area contributed by atoms with Crippen molar-refractivity contribution < 1.29 is 4.79 Å². The first kappa shape index (κ1) is 19.6. The summed E-state index contributed by atoms with van der Waals surface area (Å²) in [6.45, 7) is 10.1. The van der Waals surface area contributed by atoms with Gasteiger partial charge in [0.25, 0.3) is 5.91 Å². The van der Waals surface area contributed by atoms with Crippen molar-refractivity contribution in [2.45, 2.75) is 45.6 Å². The Hall–Kier alpha value is -2.14. The second-order valence-corrected chi connectivity index (χ2v) is 8.61. The van der Waals surface area contributed by atoms with E-state index in [9.17, 15) is 4.79 Å². The van der Waals surface area contributed by atoms with E-state index in [0.29, 0.717) is 11.5 Å². The number of fused-ring (bicyclic) bond motifs is 1. The highest BCUT2D eigenvalue weighted by Gasteiger charge is 2.35. The van der Waals surface area contributed by atoms with E-state index in [4.69, 9.17) is 0 Å². The van der Waals surface area contributed by atoms with E-state index in [1.54, 1.807) is 18.3 Å². The average Bonchev–Trinajstić information content (AvgIpc) is 2.61. The zero-order valence-electron chi connectivity index (χ0n) is 16.3. The lowest BCUT2D eigenvalue weighted by atomic mass is 9.79. The first-order valence-corrected chi connectivity index (χ1v) is 10.1. The summed E-state index contributed by atoms with van der Waals surface area (Å²) in [7, 11) is 0. The van der Waals surface area contributed by atoms with E-state index in [2.05, 4.69) is 77.3 Å². The number of hydrazone groups is 1. The molecule has 0 aliphatic carbocycles. The molecule has 4 nitrogen and oxygen atoms in total. The fourth-order valence-corrected chi connectivity index (χ4v) is 4.45. The molecule has 1 aliphatic rings. The van der Waals surface area contributed by atoms with Crippen LogP contribution in [0.25, 0.3) is 0 Å². The molecule has 0 radical (unpaired) electrons. The minimum absolute atomic E-state index is 0.161. The molecule has 0 fully saturated rings. The molecule has 0 bridgehead atoms. The van der Waals surface area contributed by atoms with E-state index in [1.165, 1.54) is 11.3 Å². The van der Waals surface area contributed by atoms with Gasteiger partial charge in [-0.05, 0) is 74.6 Å². The Morgan fingerprint density at radius 3 is 2.81 bits per heavy atom. The van der Waals surface area contributed by atoms with Gasteiger partial charge >= 0.3 is 0 Å². The number of rotatable bonds is 4. The van der Waals surface area contributed by atoms with Crippen LogP contribution in [-0.4, -0.2) is 24.2 Å². The number of carbonyl (C=O) groups is 1. The van der Waals surface area contributed by atoms with Crippen LogP contribution in [0.3, 0.4) is 0 Å². The Morgan fingerprint density at radius 1 is 1.33 bits per heavy atom. The molecule has 142 valence electrons. The molecule has 3 rings (SSSR count). The Balaban J connectivity index is 1.76. The third-order valence-corrected chi connectivity index (χ3v) is 5.69. The maximum Gasteiger partial charge on any atom is 0.271 e. The quantitative estimate of drug-likeness (QED) is 0.529. The SMILES string of the molecule is CCN1c2ccc(/C=N\NC(=O)c3cccc(Br)c3)cc2[C@H](C)CC1(C)C. The first-order valence-electron chi connectivity index (χ1n) is 9.32. The van der Waals surface area contributed by atoms with Crippen LogP contribution in [0.4, 0.5) is 5.69 Å². The number of amides is 1. The molecule has 2 aromatic rings. The molecule has 0 unspecified atom stereocenters. The van der Waals surface area contributed by atoms with Crippen LogP contribution in [0.2, 0.25) is 0 Å². The largest absolute Gasteiger partial charge is 0.366 e. The molecule has 0 saturated heterocycles. The number of carbonyl (C=O) groups excluding carboxylic acids is 1. The summed E-state index contributed by atoms with van der Waals surface area (Å²) in [6.07, 6.45) is 2.83. The van der Waals surface area contributed by atoms with Crippen LogP contribution >= 0.6 is 15.9 Å². The normalized spacial score (nSPS) is 18.4. The molecular formula is C22H26BrN3O. The van der Waals surface area contributed by atoms with Crippen molar-refractivity contribution in [3.63, 3.8) is 0 Å². The van der Waals surface area contributed by atoms with Crippen LogP contribution in [0.15, 0.2) is 52.0 Å². The highest BCUT2D eigenvalue weighted by Crippen LogP contribution is 2.43. The molecular weight excluding hydrogens is 402 g/mol. The van der Waals surface area contributed by atoms with Crippen LogP contribution in [0.5, 0.6) is 0 Å². The van der Waals surface area contributed by atoms with Crippen LogP contribution in [0, 0.1) is 0 Å². The van der Waals surface area contributed by atoms with Crippen molar-refractivity contribution in [3.8, 4) is 0 Å². The minimum atomic E-state index is -0.224. The first-order chi connectivity index (χ1) is 12.8. The van der Waals surface area contributed by atoms with E-state index in [-0.39, 0.29) is 11.4 Å². The fraction of sp³-hybridized carbons (Fsp3) is 0.364. The van der Waals surface area contributed by atoms with Crippen molar-refractivity contribution in [2.75, 3.05) is 11.4 Å². The summed E-state index contributed by atoms with van der Waals surface area (Å²) in [5.74, 6) is 0.264. The van der Waals surface area contributed by atoms with Gasteiger partial charge in [0.1, 0.15) is 0 Å². The van der Waals surface area contributed by atoms with Crippen LogP contribution in [0.1, 0.15) is 61.5 Å². The molecule has 1 amide bonds. The summed E-state index contributed by atoms with van der Waals surface area (Å²) in [6, 6.07) is 13.7. The van der Waals surface area contributed by atoms with Crippen molar-refractivity contribution in [2.24, 2.45) is 5.10 Å². The van der Waals surface area contributed by atoms with Crippen molar-refractivity contribution >= 4 is 33.7 Å². The van der Waals surface area contributed by atoms with Gasteiger partial charge in [0, 0.05) is 27.8 Å². The van der Waals surface area contributed by atoms with Gasteiger partial charge in [0.05, 0.1) is 6.21 Å². The van der Waals surface area contributed by atoms with Gasteiger partial charge in [0.15, 0.2) is 0 Å². The fourth-order valence-electron chi connectivity index (χ4n) is 4.05. The molecule has 0 spiro atoms. The van der Waals surface area contributed by atoms with Gasteiger partial charge in [0.2, 0.25) is 0 Å². The number of hydrogen-bond acceptors (Lipinski definition) is 3. The van der Waals surface area contributed by atoms with Crippen molar-refractivity contribution in [1.82, 2.24) is 5.43 Å². The van der Waals surface area contributed by atoms with Gasteiger partial charge < -0.3 is 4.90 Å². The molecule has 2 aromatic carbocycles. The maximum atomic E-state index is 12.2. The third-order valence-electron chi connectivity index (χ3n) is 5.19.